The van der Waals surface area contributed by atoms with E-state index in [4.69, 9.17) is 4.74 Å². The molecule has 0 unspecified atom stereocenters. The summed E-state index contributed by atoms with van der Waals surface area (Å²) in [6.45, 7) is 8.13. The fourth-order valence-electron chi connectivity index (χ4n) is 3.20. The lowest BCUT2D eigenvalue weighted by Crippen LogP contribution is -2.54. The van der Waals surface area contributed by atoms with Gasteiger partial charge in [-0.2, -0.15) is 0 Å². The number of nitrogens with zero attached hydrogens (tertiary/aromatic N) is 6. The first-order valence-corrected chi connectivity index (χ1v) is 8.60. The molecular formula is C17H24N6O2. The van der Waals surface area contributed by atoms with Crippen LogP contribution < -0.4 is 4.74 Å². The number of ether oxygens (including phenoxy) is 1. The Morgan fingerprint density at radius 2 is 2.16 bits per heavy atom. The van der Waals surface area contributed by atoms with Crippen LogP contribution in [-0.2, 0) is 17.9 Å². The molecule has 1 aromatic carbocycles. The summed E-state index contributed by atoms with van der Waals surface area (Å²) in [5, 5.41) is 10.9. The molecule has 1 atom stereocenters. The minimum absolute atomic E-state index is 0.0502. The van der Waals surface area contributed by atoms with E-state index in [2.05, 4.69) is 33.4 Å². The topological polar surface area (TPSA) is 76.4 Å². The molecule has 0 saturated carbocycles. The summed E-state index contributed by atoms with van der Waals surface area (Å²) in [4.78, 5) is 16.7. The predicted molar refractivity (Wildman–Crippen MR) is 91.9 cm³/mol. The number of tetrazole rings is 1. The fourth-order valence-corrected chi connectivity index (χ4v) is 3.20. The van der Waals surface area contributed by atoms with Crippen LogP contribution in [-0.4, -0.2) is 68.2 Å². The third-order valence-electron chi connectivity index (χ3n) is 4.39. The van der Waals surface area contributed by atoms with Gasteiger partial charge in [-0.25, -0.2) is 4.68 Å². The summed E-state index contributed by atoms with van der Waals surface area (Å²) in [7, 11) is 0. The lowest BCUT2D eigenvalue weighted by molar-refractivity contribution is -0.136. The normalized spacial score (nSPS) is 18.3. The molecule has 134 valence electrons. The van der Waals surface area contributed by atoms with Gasteiger partial charge in [-0.05, 0) is 30.3 Å². The van der Waals surface area contributed by atoms with Gasteiger partial charge in [-0.15, -0.1) is 5.10 Å². The van der Waals surface area contributed by atoms with Crippen molar-refractivity contribution in [3.63, 3.8) is 0 Å². The highest BCUT2D eigenvalue weighted by Gasteiger charge is 2.28. The van der Waals surface area contributed by atoms with E-state index < -0.39 is 0 Å². The second-order valence-corrected chi connectivity index (χ2v) is 6.22. The van der Waals surface area contributed by atoms with Gasteiger partial charge in [0.2, 0.25) is 5.91 Å². The minimum Gasteiger partial charge on any atom is -0.494 e. The largest absolute Gasteiger partial charge is 0.494 e. The van der Waals surface area contributed by atoms with Crippen LogP contribution in [0, 0.1) is 0 Å². The van der Waals surface area contributed by atoms with Crippen LogP contribution in [0.5, 0.6) is 5.75 Å². The van der Waals surface area contributed by atoms with E-state index in [0.717, 1.165) is 25.4 Å². The number of carbonyl (C=O) groups excluding carboxylic acids is 1. The maximum atomic E-state index is 12.5. The maximum Gasteiger partial charge on any atom is 0.244 e. The lowest BCUT2D eigenvalue weighted by Gasteiger charge is -2.40. The Morgan fingerprint density at radius 3 is 2.88 bits per heavy atom. The number of carbonyl (C=O) groups is 1. The van der Waals surface area contributed by atoms with Crippen LogP contribution >= 0.6 is 0 Å². The maximum absolute atomic E-state index is 12.5. The summed E-state index contributed by atoms with van der Waals surface area (Å²) in [6.07, 6.45) is 1.46. The Hall–Kier alpha value is -2.48. The SMILES string of the molecule is CCOc1ccccc1CN1CCN(C(=O)Cn2cnnn2)[C@H](C)C1. The molecule has 1 aromatic heterocycles. The van der Waals surface area contributed by atoms with Gasteiger partial charge in [-0.3, -0.25) is 9.69 Å². The zero-order valence-corrected chi connectivity index (χ0v) is 14.7. The van der Waals surface area contributed by atoms with Gasteiger partial charge < -0.3 is 9.64 Å². The molecule has 3 rings (SSSR count). The monoisotopic (exact) mass is 344 g/mol. The summed E-state index contributed by atoms with van der Waals surface area (Å²) < 4.78 is 7.17. The molecule has 1 amide bonds. The predicted octanol–water partition coefficient (Wildman–Crippen LogP) is 0.805. The van der Waals surface area contributed by atoms with Crippen molar-refractivity contribution in [2.24, 2.45) is 0 Å². The van der Waals surface area contributed by atoms with Crippen molar-refractivity contribution in [3.8, 4) is 5.75 Å². The van der Waals surface area contributed by atoms with E-state index in [1.165, 1.54) is 16.6 Å². The van der Waals surface area contributed by atoms with Crippen LogP contribution in [0.25, 0.3) is 0 Å². The molecule has 0 bridgehead atoms. The van der Waals surface area contributed by atoms with Crippen molar-refractivity contribution in [3.05, 3.63) is 36.2 Å². The molecule has 0 aliphatic carbocycles. The molecule has 0 radical (unpaired) electrons. The van der Waals surface area contributed by atoms with Crippen LogP contribution in [0.2, 0.25) is 0 Å². The average molecular weight is 344 g/mol. The molecule has 8 nitrogen and oxygen atoms in total. The van der Waals surface area contributed by atoms with Crippen LogP contribution in [0.15, 0.2) is 30.6 Å². The number of rotatable bonds is 6. The fraction of sp³-hybridized carbons (Fsp3) is 0.529. The molecule has 25 heavy (non-hydrogen) atoms. The highest BCUT2D eigenvalue weighted by molar-refractivity contribution is 5.76. The van der Waals surface area contributed by atoms with Gasteiger partial charge >= 0.3 is 0 Å². The van der Waals surface area contributed by atoms with Gasteiger partial charge in [0.05, 0.1) is 6.61 Å². The number of amides is 1. The Bertz CT molecular complexity index is 690. The Balaban J connectivity index is 1.57. The summed E-state index contributed by atoms with van der Waals surface area (Å²) in [5.41, 5.74) is 1.19. The smallest absolute Gasteiger partial charge is 0.244 e. The van der Waals surface area contributed by atoms with Gasteiger partial charge in [0.25, 0.3) is 0 Å². The van der Waals surface area contributed by atoms with Crippen LogP contribution in [0.3, 0.4) is 0 Å². The Kier molecular flexibility index (Phi) is 5.60. The summed E-state index contributed by atoms with van der Waals surface area (Å²) in [6, 6.07) is 8.29. The molecule has 1 saturated heterocycles. The zero-order valence-electron chi connectivity index (χ0n) is 14.7. The summed E-state index contributed by atoms with van der Waals surface area (Å²) in [5.74, 6) is 0.990. The van der Waals surface area contributed by atoms with Crippen LogP contribution in [0.4, 0.5) is 0 Å². The van der Waals surface area contributed by atoms with Gasteiger partial charge in [0.1, 0.15) is 18.6 Å². The second kappa shape index (κ2) is 8.06. The van der Waals surface area contributed by atoms with Crippen molar-refractivity contribution in [2.45, 2.75) is 33.0 Å². The molecule has 1 aliphatic rings. The number of aromatic nitrogens is 4. The molecule has 2 aromatic rings. The first-order valence-electron chi connectivity index (χ1n) is 8.60. The Morgan fingerprint density at radius 1 is 1.32 bits per heavy atom. The van der Waals surface area contributed by atoms with E-state index in [1.54, 1.807) is 0 Å². The number of hydrogen-bond donors (Lipinski definition) is 0. The van der Waals surface area contributed by atoms with Gasteiger partial charge in [-0.1, -0.05) is 18.2 Å². The molecule has 1 fully saturated rings. The van der Waals surface area contributed by atoms with Crippen LogP contribution in [0.1, 0.15) is 19.4 Å². The third kappa shape index (κ3) is 4.33. The number of para-hydroxylation sites is 1. The molecule has 1 aliphatic heterocycles. The number of piperazine rings is 1. The first kappa shape index (κ1) is 17.3. The van der Waals surface area contributed by atoms with Crippen molar-refractivity contribution in [1.82, 2.24) is 30.0 Å². The second-order valence-electron chi connectivity index (χ2n) is 6.22. The van der Waals surface area contributed by atoms with E-state index in [1.807, 2.05) is 30.0 Å². The molecule has 0 spiro atoms. The van der Waals surface area contributed by atoms with Gasteiger partial charge in [0.15, 0.2) is 0 Å². The van der Waals surface area contributed by atoms with E-state index in [0.29, 0.717) is 13.2 Å². The third-order valence-corrected chi connectivity index (χ3v) is 4.39. The van der Waals surface area contributed by atoms with Crippen molar-refractivity contribution >= 4 is 5.91 Å². The van der Waals surface area contributed by atoms with E-state index in [-0.39, 0.29) is 18.5 Å². The molecular weight excluding hydrogens is 320 g/mol. The lowest BCUT2D eigenvalue weighted by atomic mass is 10.1. The zero-order chi connectivity index (χ0) is 17.6. The van der Waals surface area contributed by atoms with Gasteiger partial charge in [0, 0.05) is 37.8 Å². The van der Waals surface area contributed by atoms with Crippen molar-refractivity contribution in [2.75, 3.05) is 26.2 Å². The average Bonchev–Trinajstić information content (AvgIpc) is 3.10. The molecule has 2 heterocycles. The standard InChI is InChI=1S/C17H24N6O2/c1-3-25-16-7-5-4-6-15(16)11-21-8-9-23(14(2)10-21)17(24)12-22-13-18-19-20-22/h4-7,13-14H,3,8-12H2,1-2H3/t14-/m1/s1. The molecule has 0 N–H and O–H groups in total. The number of benzene rings is 1. The number of hydrogen-bond acceptors (Lipinski definition) is 6. The highest BCUT2D eigenvalue weighted by atomic mass is 16.5. The van der Waals surface area contributed by atoms with Crippen molar-refractivity contribution in [1.29, 1.82) is 0 Å². The summed E-state index contributed by atoms with van der Waals surface area (Å²) >= 11 is 0. The van der Waals surface area contributed by atoms with E-state index in [9.17, 15) is 4.79 Å². The highest BCUT2D eigenvalue weighted by Crippen LogP contribution is 2.21. The minimum atomic E-state index is 0.0502. The first-order chi connectivity index (χ1) is 12.2. The molecule has 8 heteroatoms. The van der Waals surface area contributed by atoms with E-state index >= 15 is 0 Å². The Labute approximate surface area is 147 Å². The quantitative estimate of drug-likeness (QED) is 0.772. The van der Waals surface area contributed by atoms with Crippen molar-refractivity contribution < 1.29 is 9.53 Å².